The molecule has 0 saturated heterocycles. The van der Waals surface area contributed by atoms with Crippen LogP contribution in [-0.2, 0) is 0 Å². The molecule has 1 saturated carbocycles. The number of anilines is 2. The molecule has 1 aromatic heterocycles. The van der Waals surface area contributed by atoms with E-state index in [2.05, 4.69) is 16.6 Å². The third-order valence-corrected chi connectivity index (χ3v) is 4.55. The zero-order valence-corrected chi connectivity index (χ0v) is 11.4. The summed E-state index contributed by atoms with van der Waals surface area (Å²) in [5, 5.41) is 4.30. The van der Waals surface area contributed by atoms with Gasteiger partial charge >= 0.3 is 0 Å². The Balaban J connectivity index is 1.97. The standard InChI is InChI=1S/C13H21N3S/c1-9-8-15-13(7-12(9)14)16-10-4-3-5-11(6-10)17-2/h7-8,10-11H,3-6H2,1-2H3,(H3,14,15,16). The first-order chi connectivity index (χ1) is 8.19. The first kappa shape index (κ1) is 12.6. The Morgan fingerprint density at radius 3 is 3.00 bits per heavy atom. The number of aryl methyl sites for hydroxylation is 1. The highest BCUT2D eigenvalue weighted by Crippen LogP contribution is 2.28. The van der Waals surface area contributed by atoms with Crippen molar-refractivity contribution in [1.82, 2.24) is 4.98 Å². The molecule has 1 aromatic rings. The molecule has 2 rings (SSSR count). The number of nitrogens with two attached hydrogens (primary N) is 1. The molecule has 0 spiro atoms. The van der Waals surface area contributed by atoms with E-state index < -0.39 is 0 Å². The van der Waals surface area contributed by atoms with E-state index in [1.165, 1.54) is 25.7 Å². The minimum Gasteiger partial charge on any atom is -0.398 e. The van der Waals surface area contributed by atoms with E-state index in [9.17, 15) is 0 Å². The smallest absolute Gasteiger partial charge is 0.128 e. The van der Waals surface area contributed by atoms with Crippen molar-refractivity contribution in [2.24, 2.45) is 0 Å². The summed E-state index contributed by atoms with van der Waals surface area (Å²) in [7, 11) is 0. The molecule has 1 fully saturated rings. The van der Waals surface area contributed by atoms with Gasteiger partial charge in [-0.2, -0.15) is 11.8 Å². The normalized spacial score (nSPS) is 24.6. The van der Waals surface area contributed by atoms with Gasteiger partial charge in [-0.3, -0.25) is 0 Å². The number of hydrogen-bond acceptors (Lipinski definition) is 4. The number of aromatic nitrogens is 1. The number of hydrogen-bond donors (Lipinski definition) is 2. The quantitative estimate of drug-likeness (QED) is 0.867. The second kappa shape index (κ2) is 5.63. The molecule has 0 bridgehead atoms. The summed E-state index contributed by atoms with van der Waals surface area (Å²) in [6, 6.07) is 2.49. The molecule has 2 unspecified atom stereocenters. The lowest BCUT2D eigenvalue weighted by Crippen LogP contribution is -2.28. The molecule has 1 aliphatic rings. The van der Waals surface area contributed by atoms with Crippen molar-refractivity contribution in [3.8, 4) is 0 Å². The summed E-state index contributed by atoms with van der Waals surface area (Å²) in [4.78, 5) is 4.39. The van der Waals surface area contributed by atoms with E-state index in [1.54, 1.807) is 0 Å². The van der Waals surface area contributed by atoms with Gasteiger partial charge in [-0.25, -0.2) is 4.98 Å². The lowest BCUT2D eigenvalue weighted by atomic mass is 9.95. The number of rotatable bonds is 3. The largest absolute Gasteiger partial charge is 0.398 e. The zero-order chi connectivity index (χ0) is 12.3. The van der Waals surface area contributed by atoms with Crippen molar-refractivity contribution >= 4 is 23.3 Å². The van der Waals surface area contributed by atoms with Gasteiger partial charge in [0.25, 0.3) is 0 Å². The van der Waals surface area contributed by atoms with Crippen molar-refractivity contribution in [1.29, 1.82) is 0 Å². The topological polar surface area (TPSA) is 50.9 Å². The second-order valence-corrected chi connectivity index (χ2v) is 5.93. The van der Waals surface area contributed by atoms with Gasteiger partial charge in [0, 0.05) is 29.2 Å². The Morgan fingerprint density at radius 2 is 2.29 bits per heavy atom. The van der Waals surface area contributed by atoms with Crippen LogP contribution in [0, 0.1) is 6.92 Å². The molecule has 0 radical (unpaired) electrons. The van der Waals surface area contributed by atoms with Crippen LogP contribution in [0.1, 0.15) is 31.2 Å². The Bertz CT molecular complexity index is 381. The summed E-state index contributed by atoms with van der Waals surface area (Å²) in [6.07, 6.45) is 9.18. The molecule has 0 amide bonds. The summed E-state index contributed by atoms with van der Waals surface area (Å²) >= 11 is 1.98. The molecule has 0 aliphatic heterocycles. The van der Waals surface area contributed by atoms with Crippen molar-refractivity contribution in [3.63, 3.8) is 0 Å². The van der Waals surface area contributed by atoms with E-state index in [0.29, 0.717) is 6.04 Å². The van der Waals surface area contributed by atoms with Crippen LogP contribution in [0.3, 0.4) is 0 Å². The van der Waals surface area contributed by atoms with Gasteiger partial charge in [-0.15, -0.1) is 0 Å². The fourth-order valence-corrected chi connectivity index (χ4v) is 3.14. The summed E-state index contributed by atoms with van der Waals surface area (Å²) in [6.45, 7) is 1.98. The van der Waals surface area contributed by atoms with Gasteiger partial charge in [0.2, 0.25) is 0 Å². The third kappa shape index (κ3) is 3.28. The number of pyridine rings is 1. The number of nitrogens with one attached hydrogen (secondary N) is 1. The molecule has 4 heteroatoms. The SMILES string of the molecule is CSC1CCCC(Nc2cc(N)c(C)cn2)C1. The molecule has 0 aromatic carbocycles. The van der Waals surface area contributed by atoms with Crippen LogP contribution in [0.2, 0.25) is 0 Å². The summed E-state index contributed by atoms with van der Waals surface area (Å²) in [5.74, 6) is 0.917. The third-order valence-electron chi connectivity index (χ3n) is 3.46. The van der Waals surface area contributed by atoms with Crippen LogP contribution < -0.4 is 11.1 Å². The second-order valence-electron chi connectivity index (χ2n) is 4.79. The maximum atomic E-state index is 5.90. The summed E-state index contributed by atoms with van der Waals surface area (Å²) < 4.78 is 0. The lowest BCUT2D eigenvalue weighted by Gasteiger charge is -2.29. The Labute approximate surface area is 108 Å². The monoisotopic (exact) mass is 251 g/mol. The molecular weight excluding hydrogens is 230 g/mol. The van der Waals surface area contributed by atoms with Crippen molar-refractivity contribution in [2.45, 2.75) is 43.9 Å². The molecule has 1 aliphatic carbocycles. The molecule has 17 heavy (non-hydrogen) atoms. The van der Waals surface area contributed by atoms with Crippen LogP contribution in [0.4, 0.5) is 11.5 Å². The minimum absolute atomic E-state index is 0.552. The average Bonchev–Trinajstić information content (AvgIpc) is 2.34. The van der Waals surface area contributed by atoms with Crippen LogP contribution in [-0.4, -0.2) is 22.5 Å². The fraction of sp³-hybridized carbons (Fsp3) is 0.615. The molecular formula is C13H21N3S. The first-order valence-electron chi connectivity index (χ1n) is 6.20. The van der Waals surface area contributed by atoms with Crippen LogP contribution >= 0.6 is 11.8 Å². The number of nitrogens with zero attached hydrogens (tertiary/aromatic N) is 1. The van der Waals surface area contributed by atoms with Gasteiger partial charge in [-0.1, -0.05) is 6.42 Å². The van der Waals surface area contributed by atoms with Crippen LogP contribution in [0.5, 0.6) is 0 Å². The predicted molar refractivity (Wildman–Crippen MR) is 76.6 cm³/mol. The van der Waals surface area contributed by atoms with Gasteiger partial charge in [-0.05, 0) is 38.0 Å². The Morgan fingerprint density at radius 1 is 1.47 bits per heavy atom. The number of nitrogen functional groups attached to an aromatic ring is 1. The highest BCUT2D eigenvalue weighted by atomic mass is 32.2. The van der Waals surface area contributed by atoms with Gasteiger partial charge in [0.05, 0.1) is 0 Å². The fourth-order valence-electron chi connectivity index (χ4n) is 2.32. The molecule has 1 heterocycles. The van der Waals surface area contributed by atoms with Crippen LogP contribution in [0.25, 0.3) is 0 Å². The molecule has 2 atom stereocenters. The van der Waals surface area contributed by atoms with E-state index in [4.69, 9.17) is 5.73 Å². The van der Waals surface area contributed by atoms with Gasteiger partial charge < -0.3 is 11.1 Å². The first-order valence-corrected chi connectivity index (χ1v) is 7.49. The van der Waals surface area contributed by atoms with Crippen molar-refractivity contribution in [2.75, 3.05) is 17.3 Å². The lowest BCUT2D eigenvalue weighted by molar-refractivity contribution is 0.473. The molecule has 3 N–H and O–H groups in total. The Kier molecular flexibility index (Phi) is 4.15. The van der Waals surface area contributed by atoms with Crippen LogP contribution in [0.15, 0.2) is 12.3 Å². The Hall–Kier alpha value is -0.900. The maximum absolute atomic E-state index is 5.90. The summed E-state index contributed by atoms with van der Waals surface area (Å²) in [5.41, 5.74) is 7.76. The average molecular weight is 251 g/mol. The van der Waals surface area contributed by atoms with E-state index in [0.717, 1.165) is 22.3 Å². The minimum atomic E-state index is 0.552. The van der Waals surface area contributed by atoms with Gasteiger partial charge in [0.1, 0.15) is 5.82 Å². The maximum Gasteiger partial charge on any atom is 0.128 e. The molecule has 3 nitrogen and oxygen atoms in total. The highest BCUT2D eigenvalue weighted by Gasteiger charge is 2.21. The highest BCUT2D eigenvalue weighted by molar-refractivity contribution is 7.99. The van der Waals surface area contributed by atoms with Crippen molar-refractivity contribution < 1.29 is 0 Å². The van der Waals surface area contributed by atoms with E-state index >= 15 is 0 Å². The van der Waals surface area contributed by atoms with Crippen molar-refractivity contribution in [3.05, 3.63) is 17.8 Å². The zero-order valence-electron chi connectivity index (χ0n) is 10.6. The van der Waals surface area contributed by atoms with E-state index in [-0.39, 0.29) is 0 Å². The molecule has 94 valence electrons. The van der Waals surface area contributed by atoms with E-state index in [1.807, 2.05) is 30.9 Å². The predicted octanol–water partition coefficient (Wildman–Crippen LogP) is 3.06. The number of thioether (sulfide) groups is 1. The van der Waals surface area contributed by atoms with Gasteiger partial charge in [0.15, 0.2) is 0 Å².